The van der Waals surface area contributed by atoms with Crippen molar-refractivity contribution in [1.29, 1.82) is 0 Å². The first kappa shape index (κ1) is 26.7. The van der Waals surface area contributed by atoms with E-state index in [0.717, 1.165) is 11.6 Å². The molecule has 1 heterocycles. The topological polar surface area (TPSA) is 83.6 Å². The number of alkyl halides is 3. The van der Waals surface area contributed by atoms with Crippen LogP contribution >= 0.6 is 0 Å². The van der Waals surface area contributed by atoms with Crippen molar-refractivity contribution in [2.45, 2.75) is 32.5 Å². The maximum atomic E-state index is 13.5. The number of carbonyl (C=O) groups is 2. The number of amides is 2. The lowest BCUT2D eigenvalue weighted by atomic mass is 10.1. The summed E-state index contributed by atoms with van der Waals surface area (Å²) in [4.78, 5) is 29.3. The fourth-order valence-electron chi connectivity index (χ4n) is 3.50. The van der Waals surface area contributed by atoms with Crippen LogP contribution in [0.5, 0.6) is 11.5 Å². The van der Waals surface area contributed by atoms with Crippen LogP contribution in [0.15, 0.2) is 60.8 Å². The number of aromatic nitrogens is 1. The van der Waals surface area contributed by atoms with Gasteiger partial charge in [-0.2, -0.15) is 13.2 Å². The molecule has 10 heteroatoms. The Bertz CT molecular complexity index is 1230. The average molecular weight is 501 g/mol. The van der Waals surface area contributed by atoms with Crippen LogP contribution in [0.2, 0.25) is 0 Å². The molecule has 0 aliphatic heterocycles. The Morgan fingerprint density at radius 1 is 1.00 bits per heavy atom. The summed E-state index contributed by atoms with van der Waals surface area (Å²) in [6.45, 7) is 1.51. The minimum Gasteiger partial charge on any atom is -0.457 e. The molecule has 0 saturated heterocycles. The summed E-state index contributed by atoms with van der Waals surface area (Å²) < 4.78 is 46.3. The van der Waals surface area contributed by atoms with E-state index in [1.54, 1.807) is 49.3 Å². The molecule has 0 saturated carbocycles. The molecule has 7 nitrogen and oxygen atoms in total. The van der Waals surface area contributed by atoms with E-state index in [9.17, 15) is 22.8 Å². The van der Waals surface area contributed by atoms with Crippen molar-refractivity contribution < 1.29 is 27.5 Å². The van der Waals surface area contributed by atoms with Gasteiger partial charge in [0.05, 0.1) is 5.56 Å². The molecule has 0 bridgehead atoms. The van der Waals surface area contributed by atoms with E-state index in [4.69, 9.17) is 4.74 Å². The minimum absolute atomic E-state index is 0.0756. The third-order valence-electron chi connectivity index (χ3n) is 5.00. The van der Waals surface area contributed by atoms with Crippen LogP contribution in [0.3, 0.4) is 0 Å². The number of anilines is 2. The van der Waals surface area contributed by atoms with Crippen LogP contribution in [0.1, 0.15) is 30.0 Å². The third-order valence-corrected chi connectivity index (χ3v) is 5.00. The summed E-state index contributed by atoms with van der Waals surface area (Å²) in [5, 5.41) is 5.14. The molecule has 0 atom stereocenters. The van der Waals surface area contributed by atoms with E-state index in [0.29, 0.717) is 23.7 Å². The number of halogens is 3. The Morgan fingerprint density at radius 2 is 1.75 bits per heavy atom. The number of pyridine rings is 1. The van der Waals surface area contributed by atoms with E-state index in [-0.39, 0.29) is 30.1 Å². The Morgan fingerprint density at radius 3 is 2.44 bits per heavy atom. The number of nitrogens with zero attached hydrogens (tertiary/aromatic N) is 2. The highest BCUT2D eigenvalue weighted by Crippen LogP contribution is 2.34. The van der Waals surface area contributed by atoms with Crippen molar-refractivity contribution in [2.24, 2.45) is 0 Å². The van der Waals surface area contributed by atoms with Gasteiger partial charge in [0.25, 0.3) is 0 Å². The predicted molar refractivity (Wildman–Crippen MR) is 131 cm³/mol. The zero-order chi connectivity index (χ0) is 26.3. The number of hydrogen-bond donors (Lipinski definition) is 2. The normalized spacial score (nSPS) is 11.3. The molecule has 2 amide bonds. The van der Waals surface area contributed by atoms with Crippen molar-refractivity contribution in [3.8, 4) is 11.5 Å². The quantitative estimate of drug-likeness (QED) is 0.406. The van der Waals surface area contributed by atoms with E-state index in [1.165, 1.54) is 25.3 Å². The van der Waals surface area contributed by atoms with Gasteiger partial charge in [0.15, 0.2) is 0 Å². The van der Waals surface area contributed by atoms with Gasteiger partial charge in [0.2, 0.25) is 11.8 Å². The largest absolute Gasteiger partial charge is 0.457 e. The summed E-state index contributed by atoms with van der Waals surface area (Å²) in [5.41, 5.74) is 0.285. The molecule has 190 valence electrons. The monoisotopic (exact) mass is 500 g/mol. The van der Waals surface area contributed by atoms with Crippen LogP contribution in [-0.2, 0) is 28.7 Å². The molecule has 0 spiro atoms. The Balaban J connectivity index is 1.62. The van der Waals surface area contributed by atoms with Gasteiger partial charge in [0.1, 0.15) is 17.3 Å². The summed E-state index contributed by atoms with van der Waals surface area (Å²) in [7, 11) is 3.38. The van der Waals surface area contributed by atoms with Crippen molar-refractivity contribution in [3.63, 3.8) is 0 Å². The van der Waals surface area contributed by atoms with Crippen LogP contribution in [0.4, 0.5) is 24.7 Å². The fourth-order valence-corrected chi connectivity index (χ4v) is 3.50. The molecule has 0 unspecified atom stereocenters. The summed E-state index contributed by atoms with van der Waals surface area (Å²) in [5.74, 6) is 0.709. The van der Waals surface area contributed by atoms with Gasteiger partial charge in [-0.1, -0.05) is 18.2 Å². The molecular formula is C26H27F3N4O3. The second-order valence-electron chi connectivity index (χ2n) is 8.46. The molecule has 3 rings (SSSR count). The average Bonchev–Trinajstić information content (AvgIpc) is 2.78. The van der Waals surface area contributed by atoms with Gasteiger partial charge in [-0.25, -0.2) is 4.98 Å². The first-order chi connectivity index (χ1) is 17.0. The minimum atomic E-state index is -4.52. The number of aryl methyl sites for hydroxylation is 1. The van der Waals surface area contributed by atoms with Crippen molar-refractivity contribution in [1.82, 2.24) is 9.88 Å². The van der Waals surface area contributed by atoms with Crippen LogP contribution in [-0.4, -0.2) is 35.8 Å². The SMILES string of the molecule is CC(=O)Nc1cc(Oc2cccc(CCC(=O)Nc3ccc(CN(C)C)c(C(F)(F)F)c3)c2)ccn1. The number of carbonyl (C=O) groups excluding carboxylic acids is 2. The molecule has 0 aliphatic carbocycles. The van der Waals surface area contributed by atoms with Crippen molar-refractivity contribution >= 4 is 23.3 Å². The maximum Gasteiger partial charge on any atom is 0.416 e. The summed E-state index contributed by atoms with van der Waals surface area (Å²) >= 11 is 0. The first-order valence-corrected chi connectivity index (χ1v) is 11.1. The third kappa shape index (κ3) is 8.09. The number of hydrogen-bond acceptors (Lipinski definition) is 5. The molecule has 1 aromatic heterocycles. The fraction of sp³-hybridized carbons (Fsp3) is 0.269. The number of ether oxygens (including phenoxy) is 1. The smallest absolute Gasteiger partial charge is 0.416 e. The summed E-state index contributed by atoms with van der Waals surface area (Å²) in [6, 6.07) is 14.2. The Hall–Kier alpha value is -3.92. The van der Waals surface area contributed by atoms with Crippen molar-refractivity contribution in [3.05, 3.63) is 77.5 Å². The van der Waals surface area contributed by atoms with E-state index in [2.05, 4.69) is 15.6 Å². The molecule has 2 aromatic carbocycles. The molecule has 0 aliphatic rings. The van der Waals surface area contributed by atoms with Crippen LogP contribution < -0.4 is 15.4 Å². The lowest BCUT2D eigenvalue weighted by Gasteiger charge is -2.17. The van der Waals surface area contributed by atoms with Gasteiger partial charge < -0.3 is 20.3 Å². The molecule has 0 radical (unpaired) electrons. The van der Waals surface area contributed by atoms with Crippen LogP contribution in [0.25, 0.3) is 0 Å². The maximum absolute atomic E-state index is 13.5. The standard InChI is InChI=1S/C26H27F3N4O3/c1-17(34)31-24-15-22(11-12-30-24)36-21-6-4-5-18(13-21)7-10-25(35)32-20-9-8-19(16-33(2)3)23(14-20)26(27,28)29/h4-6,8-9,11-15H,7,10,16H2,1-3H3,(H,32,35)(H,30,31,34). The Labute approximate surface area is 207 Å². The van der Waals surface area contributed by atoms with Crippen LogP contribution in [0, 0.1) is 0 Å². The highest BCUT2D eigenvalue weighted by molar-refractivity contribution is 5.91. The molecular weight excluding hydrogens is 473 g/mol. The van der Waals surface area contributed by atoms with Gasteiger partial charge in [-0.05, 0) is 62.0 Å². The summed E-state index contributed by atoms with van der Waals surface area (Å²) in [6.07, 6.45) is -2.58. The van der Waals surface area contributed by atoms with Crippen molar-refractivity contribution in [2.75, 3.05) is 24.7 Å². The molecule has 36 heavy (non-hydrogen) atoms. The lowest BCUT2D eigenvalue weighted by molar-refractivity contribution is -0.138. The van der Waals surface area contributed by atoms with Gasteiger partial charge in [-0.15, -0.1) is 0 Å². The molecule has 2 N–H and O–H groups in total. The second-order valence-corrected chi connectivity index (χ2v) is 8.46. The second kappa shape index (κ2) is 11.7. The van der Waals surface area contributed by atoms with Gasteiger partial charge in [-0.3, -0.25) is 9.59 Å². The predicted octanol–water partition coefficient (Wildman–Crippen LogP) is 5.48. The van der Waals surface area contributed by atoms with E-state index in [1.807, 2.05) is 6.07 Å². The Kier molecular flexibility index (Phi) is 8.65. The van der Waals surface area contributed by atoms with E-state index >= 15 is 0 Å². The molecule has 0 fully saturated rings. The van der Waals surface area contributed by atoms with E-state index < -0.39 is 17.6 Å². The number of rotatable bonds is 9. The zero-order valence-corrected chi connectivity index (χ0v) is 20.1. The zero-order valence-electron chi connectivity index (χ0n) is 20.1. The lowest BCUT2D eigenvalue weighted by Crippen LogP contribution is -2.18. The first-order valence-electron chi connectivity index (χ1n) is 11.1. The van der Waals surface area contributed by atoms with Gasteiger partial charge >= 0.3 is 6.18 Å². The van der Waals surface area contributed by atoms with Gasteiger partial charge in [0, 0.05) is 37.8 Å². The molecule has 3 aromatic rings. The number of benzene rings is 2. The highest BCUT2D eigenvalue weighted by atomic mass is 19.4. The number of nitrogens with one attached hydrogen (secondary N) is 2. The highest BCUT2D eigenvalue weighted by Gasteiger charge is 2.33.